The second-order valence-electron chi connectivity index (χ2n) is 5.46. The normalized spacial score (nSPS) is 12.0. The van der Waals surface area contributed by atoms with Crippen molar-refractivity contribution >= 4 is 21.7 Å². The first-order valence-electron chi connectivity index (χ1n) is 7.35. The van der Waals surface area contributed by atoms with Gasteiger partial charge in [0, 0.05) is 22.5 Å². The van der Waals surface area contributed by atoms with Crippen molar-refractivity contribution in [2.75, 3.05) is 0 Å². The van der Waals surface area contributed by atoms with Crippen LogP contribution in [0.1, 0.15) is 5.69 Å². The zero-order chi connectivity index (χ0) is 16.7. The summed E-state index contributed by atoms with van der Waals surface area (Å²) in [5.74, 6) is 0. The Hall–Kier alpha value is -2.95. The molecule has 0 aliphatic carbocycles. The molecule has 118 valence electrons. The van der Waals surface area contributed by atoms with Crippen LogP contribution in [-0.2, 0) is 6.18 Å². The van der Waals surface area contributed by atoms with Crippen molar-refractivity contribution in [3.8, 4) is 11.3 Å². The minimum absolute atomic E-state index is 0.287. The maximum Gasteiger partial charge on any atom is 0.433 e. The molecule has 0 amide bonds. The summed E-state index contributed by atoms with van der Waals surface area (Å²) in [6.07, 6.45) is -3.24. The van der Waals surface area contributed by atoms with Gasteiger partial charge in [0.25, 0.3) is 0 Å². The Morgan fingerprint density at radius 3 is 2.12 bits per heavy atom. The third-order valence-corrected chi connectivity index (χ3v) is 3.92. The summed E-state index contributed by atoms with van der Waals surface area (Å²) in [6, 6.07) is 18.0. The molecule has 0 N–H and O–H groups in total. The number of aromatic nitrogens is 2. The summed E-state index contributed by atoms with van der Waals surface area (Å²) in [4.78, 5) is 8.07. The van der Waals surface area contributed by atoms with Crippen molar-refractivity contribution in [1.82, 2.24) is 9.97 Å². The number of alkyl halides is 3. The molecule has 24 heavy (non-hydrogen) atoms. The van der Waals surface area contributed by atoms with Crippen molar-refractivity contribution < 1.29 is 13.2 Å². The van der Waals surface area contributed by atoms with Gasteiger partial charge < -0.3 is 0 Å². The van der Waals surface area contributed by atoms with Gasteiger partial charge in [-0.15, -0.1) is 0 Å². The highest BCUT2D eigenvalue weighted by Gasteiger charge is 2.32. The van der Waals surface area contributed by atoms with Crippen LogP contribution in [-0.4, -0.2) is 9.97 Å². The van der Waals surface area contributed by atoms with E-state index in [-0.39, 0.29) is 5.52 Å². The summed E-state index contributed by atoms with van der Waals surface area (Å²) < 4.78 is 38.9. The molecule has 0 bridgehead atoms. The Balaban J connectivity index is 2.10. The number of pyridine rings is 2. The molecule has 0 fully saturated rings. The molecule has 0 atom stereocenters. The van der Waals surface area contributed by atoms with Crippen molar-refractivity contribution in [3.63, 3.8) is 0 Å². The molecule has 2 nitrogen and oxygen atoms in total. The Bertz CT molecular complexity index is 1040. The van der Waals surface area contributed by atoms with Gasteiger partial charge in [-0.2, -0.15) is 13.2 Å². The average Bonchev–Trinajstić information content (AvgIpc) is 2.60. The van der Waals surface area contributed by atoms with E-state index in [2.05, 4.69) is 9.97 Å². The summed E-state index contributed by atoms with van der Waals surface area (Å²) in [5, 5.41) is 2.33. The fourth-order valence-electron chi connectivity index (χ4n) is 2.82. The number of benzene rings is 2. The Morgan fingerprint density at radius 1 is 0.750 bits per heavy atom. The van der Waals surface area contributed by atoms with Gasteiger partial charge in [0.15, 0.2) is 0 Å². The van der Waals surface area contributed by atoms with E-state index in [0.29, 0.717) is 11.1 Å². The van der Waals surface area contributed by atoms with Gasteiger partial charge >= 0.3 is 6.18 Å². The lowest BCUT2D eigenvalue weighted by atomic mass is 10.0. The largest absolute Gasteiger partial charge is 0.433 e. The van der Waals surface area contributed by atoms with Crippen LogP contribution in [0.4, 0.5) is 13.2 Å². The molecule has 5 heteroatoms. The smallest absolute Gasteiger partial charge is 0.251 e. The molecule has 0 aliphatic rings. The van der Waals surface area contributed by atoms with Crippen LogP contribution in [0, 0.1) is 0 Å². The number of hydrogen-bond acceptors (Lipinski definition) is 2. The molecule has 2 aromatic heterocycles. The SMILES string of the molecule is FC(F)(F)c1cc2nc(-c3ccccc3)c3ccccc3c2cn1. The van der Waals surface area contributed by atoms with Crippen LogP contribution < -0.4 is 0 Å². The summed E-state index contributed by atoms with van der Waals surface area (Å²) >= 11 is 0. The average molecular weight is 324 g/mol. The second-order valence-corrected chi connectivity index (χ2v) is 5.46. The van der Waals surface area contributed by atoms with Crippen molar-refractivity contribution in [2.45, 2.75) is 6.18 Å². The highest BCUT2D eigenvalue weighted by molar-refractivity contribution is 6.10. The van der Waals surface area contributed by atoms with Crippen LogP contribution in [0.25, 0.3) is 32.9 Å². The predicted octanol–water partition coefficient (Wildman–Crippen LogP) is 5.47. The summed E-state index contributed by atoms with van der Waals surface area (Å²) in [7, 11) is 0. The molecule has 0 aliphatic heterocycles. The molecule has 0 unspecified atom stereocenters. The third kappa shape index (κ3) is 2.38. The van der Waals surface area contributed by atoms with Crippen LogP contribution in [0.15, 0.2) is 66.9 Å². The lowest BCUT2D eigenvalue weighted by molar-refractivity contribution is -0.141. The van der Waals surface area contributed by atoms with Gasteiger partial charge in [0.2, 0.25) is 0 Å². The summed E-state index contributed by atoms with van der Waals surface area (Å²) in [5.41, 5.74) is 0.880. The van der Waals surface area contributed by atoms with E-state index in [1.807, 2.05) is 54.6 Å². The van der Waals surface area contributed by atoms with Gasteiger partial charge in [0.1, 0.15) is 5.69 Å². The van der Waals surface area contributed by atoms with E-state index in [1.165, 1.54) is 6.20 Å². The molecule has 2 heterocycles. The molecule has 0 saturated carbocycles. The minimum Gasteiger partial charge on any atom is -0.251 e. The quantitative estimate of drug-likeness (QED) is 0.434. The van der Waals surface area contributed by atoms with Crippen LogP contribution in [0.3, 0.4) is 0 Å². The number of nitrogens with zero attached hydrogens (tertiary/aromatic N) is 2. The van der Waals surface area contributed by atoms with E-state index in [4.69, 9.17) is 0 Å². The molecular weight excluding hydrogens is 313 g/mol. The first kappa shape index (κ1) is 14.6. The van der Waals surface area contributed by atoms with Gasteiger partial charge in [-0.25, -0.2) is 4.98 Å². The van der Waals surface area contributed by atoms with Gasteiger partial charge in [0.05, 0.1) is 11.2 Å². The zero-order valence-corrected chi connectivity index (χ0v) is 12.4. The highest BCUT2D eigenvalue weighted by Crippen LogP contribution is 2.34. The molecule has 2 aromatic carbocycles. The van der Waals surface area contributed by atoms with Crippen LogP contribution >= 0.6 is 0 Å². The number of hydrogen-bond donors (Lipinski definition) is 0. The molecule has 4 rings (SSSR count). The van der Waals surface area contributed by atoms with Gasteiger partial charge in [-0.05, 0) is 11.5 Å². The maximum atomic E-state index is 13.0. The van der Waals surface area contributed by atoms with E-state index in [1.54, 1.807) is 0 Å². The van der Waals surface area contributed by atoms with E-state index in [9.17, 15) is 13.2 Å². The Labute approximate surface area is 135 Å². The first-order valence-corrected chi connectivity index (χ1v) is 7.35. The molecular formula is C19H11F3N2. The standard InChI is InChI=1S/C19H11F3N2/c20-19(21,22)17-10-16-15(11-23-17)13-8-4-5-9-14(13)18(24-16)12-6-2-1-3-7-12/h1-11H. The Kier molecular flexibility index (Phi) is 3.23. The molecule has 0 spiro atoms. The topological polar surface area (TPSA) is 25.8 Å². The van der Waals surface area contributed by atoms with Crippen molar-refractivity contribution in [2.24, 2.45) is 0 Å². The lowest BCUT2D eigenvalue weighted by Gasteiger charge is -2.11. The third-order valence-electron chi connectivity index (χ3n) is 3.92. The first-order chi connectivity index (χ1) is 11.5. The monoisotopic (exact) mass is 324 g/mol. The van der Waals surface area contributed by atoms with Crippen LogP contribution in [0.5, 0.6) is 0 Å². The van der Waals surface area contributed by atoms with Crippen molar-refractivity contribution in [1.29, 1.82) is 0 Å². The molecule has 0 radical (unpaired) electrons. The van der Waals surface area contributed by atoms with Gasteiger partial charge in [-0.3, -0.25) is 4.98 Å². The zero-order valence-electron chi connectivity index (χ0n) is 12.4. The fourth-order valence-corrected chi connectivity index (χ4v) is 2.82. The minimum atomic E-state index is -4.49. The number of rotatable bonds is 1. The van der Waals surface area contributed by atoms with E-state index < -0.39 is 11.9 Å². The van der Waals surface area contributed by atoms with Crippen molar-refractivity contribution in [3.05, 3.63) is 72.6 Å². The Morgan fingerprint density at radius 2 is 1.42 bits per heavy atom. The maximum absolute atomic E-state index is 13.0. The lowest BCUT2D eigenvalue weighted by Crippen LogP contribution is -2.07. The second kappa shape index (κ2) is 5.30. The number of halogens is 3. The highest BCUT2D eigenvalue weighted by atomic mass is 19.4. The molecule has 4 aromatic rings. The molecule has 0 saturated heterocycles. The number of fused-ring (bicyclic) bond motifs is 3. The van der Waals surface area contributed by atoms with E-state index in [0.717, 1.165) is 22.4 Å². The predicted molar refractivity (Wildman–Crippen MR) is 87.5 cm³/mol. The van der Waals surface area contributed by atoms with E-state index >= 15 is 0 Å². The van der Waals surface area contributed by atoms with Crippen LogP contribution in [0.2, 0.25) is 0 Å². The van der Waals surface area contributed by atoms with Gasteiger partial charge in [-0.1, -0.05) is 54.6 Å². The summed E-state index contributed by atoms with van der Waals surface area (Å²) in [6.45, 7) is 0. The fraction of sp³-hybridized carbons (Fsp3) is 0.0526.